The van der Waals surface area contributed by atoms with Crippen molar-refractivity contribution in [2.45, 2.75) is 19.6 Å². The van der Waals surface area contributed by atoms with E-state index in [4.69, 9.17) is 0 Å². The Hall–Kier alpha value is -2.32. The molecule has 0 saturated carbocycles. The first-order chi connectivity index (χ1) is 10.3. The Bertz CT molecular complexity index is 707. The van der Waals surface area contributed by atoms with Crippen LogP contribution in [-0.2, 0) is 6.54 Å². The Morgan fingerprint density at radius 1 is 0.810 bits per heavy atom. The second-order valence-electron chi connectivity index (χ2n) is 5.29. The number of anilines is 1. The molecule has 0 spiro atoms. The number of benzene rings is 3. The average molecular weight is 276 g/mol. The second-order valence-corrected chi connectivity index (χ2v) is 5.29. The van der Waals surface area contributed by atoms with E-state index in [1.54, 1.807) is 0 Å². The zero-order chi connectivity index (χ0) is 14.5. The molecule has 0 saturated heterocycles. The van der Waals surface area contributed by atoms with E-state index in [1.165, 1.54) is 16.3 Å². The molecule has 0 aliphatic rings. The van der Waals surface area contributed by atoms with E-state index in [2.05, 4.69) is 84.3 Å². The Labute approximate surface area is 125 Å². The number of fused-ring (bicyclic) bond motifs is 1. The highest BCUT2D eigenvalue weighted by atomic mass is 15.1. The molecule has 0 bridgehead atoms. The summed E-state index contributed by atoms with van der Waals surface area (Å²) in [6.07, 6.45) is 0.214. The molecular formula is C19H20N2. The van der Waals surface area contributed by atoms with Crippen LogP contribution in [0.5, 0.6) is 0 Å². The number of hydrogen-bond acceptors (Lipinski definition) is 2. The van der Waals surface area contributed by atoms with Crippen molar-refractivity contribution in [3.8, 4) is 0 Å². The lowest BCUT2D eigenvalue weighted by Gasteiger charge is -2.17. The summed E-state index contributed by atoms with van der Waals surface area (Å²) >= 11 is 0. The maximum atomic E-state index is 3.49. The molecule has 2 heteroatoms. The summed E-state index contributed by atoms with van der Waals surface area (Å²) in [4.78, 5) is 0. The van der Waals surface area contributed by atoms with Crippen LogP contribution < -0.4 is 10.6 Å². The van der Waals surface area contributed by atoms with Gasteiger partial charge in [-0.2, -0.15) is 0 Å². The summed E-state index contributed by atoms with van der Waals surface area (Å²) in [5, 5.41) is 9.51. The molecule has 106 valence electrons. The van der Waals surface area contributed by atoms with Crippen LogP contribution in [0.1, 0.15) is 12.5 Å². The minimum atomic E-state index is 0.214. The van der Waals surface area contributed by atoms with E-state index in [9.17, 15) is 0 Å². The molecule has 3 aromatic carbocycles. The first-order valence-corrected chi connectivity index (χ1v) is 7.34. The van der Waals surface area contributed by atoms with Gasteiger partial charge < -0.3 is 5.32 Å². The standard InChI is InChI=1S/C19H20N2/c1-15(20-14-16-7-3-2-4-8-16)21-19-12-11-17-9-5-6-10-18(17)13-19/h2-13,15,20-21H,14H2,1H3. The molecule has 0 fully saturated rings. The van der Waals surface area contributed by atoms with Crippen molar-refractivity contribution in [1.82, 2.24) is 5.32 Å². The van der Waals surface area contributed by atoms with Crippen LogP contribution in [0.3, 0.4) is 0 Å². The normalized spacial score (nSPS) is 12.2. The van der Waals surface area contributed by atoms with Gasteiger partial charge >= 0.3 is 0 Å². The molecule has 0 amide bonds. The monoisotopic (exact) mass is 276 g/mol. The summed E-state index contributed by atoms with van der Waals surface area (Å²) in [5.41, 5.74) is 2.44. The molecule has 2 nitrogen and oxygen atoms in total. The predicted molar refractivity (Wildman–Crippen MR) is 90.3 cm³/mol. The minimum absolute atomic E-state index is 0.214. The predicted octanol–water partition coefficient (Wildman–Crippen LogP) is 4.39. The summed E-state index contributed by atoms with van der Waals surface area (Å²) in [7, 11) is 0. The lowest BCUT2D eigenvalue weighted by molar-refractivity contribution is 0.600. The molecule has 0 aromatic heterocycles. The van der Waals surface area contributed by atoms with Gasteiger partial charge in [0, 0.05) is 12.2 Å². The molecule has 1 atom stereocenters. The molecule has 3 rings (SSSR count). The Morgan fingerprint density at radius 2 is 1.52 bits per heavy atom. The van der Waals surface area contributed by atoms with Crippen LogP contribution in [0.25, 0.3) is 10.8 Å². The van der Waals surface area contributed by atoms with E-state index in [1.807, 2.05) is 6.07 Å². The Morgan fingerprint density at radius 3 is 2.33 bits per heavy atom. The van der Waals surface area contributed by atoms with E-state index in [-0.39, 0.29) is 6.17 Å². The first kappa shape index (κ1) is 13.7. The molecule has 21 heavy (non-hydrogen) atoms. The van der Waals surface area contributed by atoms with E-state index in [0.717, 1.165) is 12.2 Å². The Balaban J connectivity index is 1.62. The third-order valence-corrected chi connectivity index (χ3v) is 3.59. The lowest BCUT2D eigenvalue weighted by atomic mass is 10.1. The van der Waals surface area contributed by atoms with Gasteiger partial charge in [0.15, 0.2) is 0 Å². The fraction of sp³-hybridized carbons (Fsp3) is 0.158. The molecule has 3 aromatic rings. The van der Waals surface area contributed by atoms with Crippen LogP contribution in [0.2, 0.25) is 0 Å². The van der Waals surface area contributed by atoms with Crippen molar-refractivity contribution < 1.29 is 0 Å². The van der Waals surface area contributed by atoms with Gasteiger partial charge in [-0.25, -0.2) is 0 Å². The molecule has 1 unspecified atom stereocenters. The van der Waals surface area contributed by atoms with Gasteiger partial charge in [0.2, 0.25) is 0 Å². The minimum Gasteiger partial charge on any atom is -0.370 e. The average Bonchev–Trinajstić information content (AvgIpc) is 2.54. The number of hydrogen-bond donors (Lipinski definition) is 2. The largest absolute Gasteiger partial charge is 0.370 e. The zero-order valence-corrected chi connectivity index (χ0v) is 12.2. The van der Waals surface area contributed by atoms with Crippen LogP contribution in [0.4, 0.5) is 5.69 Å². The third kappa shape index (κ3) is 3.61. The van der Waals surface area contributed by atoms with Gasteiger partial charge in [0.05, 0.1) is 6.17 Å². The molecule has 0 radical (unpaired) electrons. The van der Waals surface area contributed by atoms with Crippen molar-refractivity contribution in [3.05, 3.63) is 78.4 Å². The van der Waals surface area contributed by atoms with Crippen molar-refractivity contribution in [2.24, 2.45) is 0 Å². The summed E-state index contributed by atoms with van der Waals surface area (Å²) in [5.74, 6) is 0. The van der Waals surface area contributed by atoms with E-state index < -0.39 is 0 Å². The van der Waals surface area contributed by atoms with Crippen molar-refractivity contribution in [1.29, 1.82) is 0 Å². The second kappa shape index (κ2) is 6.42. The zero-order valence-electron chi connectivity index (χ0n) is 12.2. The maximum absolute atomic E-state index is 3.49. The van der Waals surface area contributed by atoms with E-state index in [0.29, 0.717) is 0 Å². The summed E-state index contributed by atoms with van der Waals surface area (Å²) in [6.45, 7) is 3.00. The molecule has 0 aliphatic carbocycles. The molecule has 2 N–H and O–H groups in total. The van der Waals surface area contributed by atoms with Gasteiger partial charge in [-0.15, -0.1) is 0 Å². The SMILES string of the molecule is CC(NCc1ccccc1)Nc1ccc2ccccc2c1. The highest BCUT2D eigenvalue weighted by Gasteiger charge is 2.02. The first-order valence-electron chi connectivity index (χ1n) is 7.34. The maximum Gasteiger partial charge on any atom is 0.0741 e. The van der Waals surface area contributed by atoms with Crippen molar-refractivity contribution in [2.75, 3.05) is 5.32 Å². The smallest absolute Gasteiger partial charge is 0.0741 e. The van der Waals surface area contributed by atoms with Gasteiger partial charge in [-0.1, -0.05) is 60.7 Å². The number of nitrogens with one attached hydrogen (secondary N) is 2. The fourth-order valence-corrected chi connectivity index (χ4v) is 2.45. The van der Waals surface area contributed by atoms with Crippen LogP contribution >= 0.6 is 0 Å². The highest BCUT2D eigenvalue weighted by molar-refractivity contribution is 5.85. The molecular weight excluding hydrogens is 256 g/mol. The van der Waals surface area contributed by atoms with Crippen molar-refractivity contribution >= 4 is 16.5 Å². The van der Waals surface area contributed by atoms with Crippen LogP contribution in [-0.4, -0.2) is 6.17 Å². The van der Waals surface area contributed by atoms with Crippen LogP contribution in [0.15, 0.2) is 72.8 Å². The third-order valence-electron chi connectivity index (χ3n) is 3.59. The fourth-order valence-electron chi connectivity index (χ4n) is 2.45. The molecule has 0 aliphatic heterocycles. The Kier molecular flexibility index (Phi) is 4.17. The van der Waals surface area contributed by atoms with Crippen LogP contribution in [0, 0.1) is 0 Å². The molecule has 0 heterocycles. The van der Waals surface area contributed by atoms with Gasteiger partial charge in [0.25, 0.3) is 0 Å². The quantitative estimate of drug-likeness (QED) is 0.675. The topological polar surface area (TPSA) is 24.1 Å². The van der Waals surface area contributed by atoms with E-state index >= 15 is 0 Å². The summed E-state index contributed by atoms with van der Waals surface area (Å²) < 4.78 is 0. The highest BCUT2D eigenvalue weighted by Crippen LogP contribution is 2.19. The van der Waals surface area contributed by atoms with Gasteiger partial charge in [0.1, 0.15) is 0 Å². The number of rotatable bonds is 5. The van der Waals surface area contributed by atoms with Crippen molar-refractivity contribution in [3.63, 3.8) is 0 Å². The lowest BCUT2D eigenvalue weighted by Crippen LogP contribution is -2.32. The summed E-state index contributed by atoms with van der Waals surface area (Å²) in [6, 6.07) is 25.3. The van der Waals surface area contributed by atoms with Gasteiger partial charge in [-0.05, 0) is 35.4 Å². The van der Waals surface area contributed by atoms with Gasteiger partial charge in [-0.3, -0.25) is 5.32 Å².